The predicted molar refractivity (Wildman–Crippen MR) is 213 cm³/mol. The van der Waals surface area contributed by atoms with Crippen LogP contribution in [0.2, 0.25) is 0 Å². The van der Waals surface area contributed by atoms with E-state index in [2.05, 4.69) is 31.9 Å². The van der Waals surface area contributed by atoms with Gasteiger partial charge in [0.25, 0.3) is 23.6 Å². The zero-order valence-electron chi connectivity index (χ0n) is 31.8. The largest absolute Gasteiger partial charge is 0.355 e. The summed E-state index contributed by atoms with van der Waals surface area (Å²) < 4.78 is 0. The first kappa shape index (κ1) is 40.4. The molecule has 4 aromatic rings. The topological polar surface area (TPSA) is 195 Å². The third-order valence-corrected chi connectivity index (χ3v) is 9.15. The molecule has 1 heterocycles. The summed E-state index contributed by atoms with van der Waals surface area (Å²) in [4.78, 5) is 94.2. The van der Waals surface area contributed by atoms with Crippen LogP contribution in [0.1, 0.15) is 82.0 Å². The minimum atomic E-state index is -0.884. The van der Waals surface area contributed by atoms with Crippen LogP contribution in [0.25, 0.3) is 0 Å². The summed E-state index contributed by atoms with van der Waals surface area (Å²) in [6.07, 6.45) is 0.903. The number of benzene rings is 4. The average molecular weight is 760 g/mol. The smallest absolute Gasteiger partial charge is 0.257 e. The van der Waals surface area contributed by atoms with Gasteiger partial charge in [0.2, 0.25) is 17.7 Å². The molecule has 7 amide bonds. The quantitative estimate of drug-likeness (QED) is 0.120. The number of para-hydroxylation sites is 4. The summed E-state index contributed by atoms with van der Waals surface area (Å²) >= 11 is 0. The summed E-state index contributed by atoms with van der Waals surface area (Å²) in [6, 6.07) is 24.0. The van der Waals surface area contributed by atoms with E-state index in [9.17, 15) is 33.6 Å². The fourth-order valence-corrected chi connectivity index (χ4v) is 6.04. The molecule has 14 heteroatoms. The molecule has 0 unspecified atom stereocenters. The maximum absolute atomic E-state index is 14.1. The van der Waals surface area contributed by atoms with Gasteiger partial charge in [0.1, 0.15) is 12.1 Å². The molecule has 56 heavy (non-hydrogen) atoms. The van der Waals surface area contributed by atoms with Gasteiger partial charge in [0, 0.05) is 19.0 Å². The molecule has 4 aromatic carbocycles. The summed E-state index contributed by atoms with van der Waals surface area (Å²) in [7, 11) is 1.49. The maximum atomic E-state index is 14.1. The lowest BCUT2D eigenvalue weighted by Crippen LogP contribution is -2.46. The highest BCUT2D eigenvalue weighted by Crippen LogP contribution is 2.28. The lowest BCUT2D eigenvalue weighted by Gasteiger charge is -2.25. The van der Waals surface area contributed by atoms with Crippen molar-refractivity contribution in [1.82, 2.24) is 15.5 Å². The first-order valence-electron chi connectivity index (χ1n) is 18.1. The molecule has 0 bridgehead atoms. The van der Waals surface area contributed by atoms with Crippen molar-refractivity contribution in [2.24, 2.45) is 5.41 Å². The molecule has 0 aliphatic carbocycles. The Kier molecular flexibility index (Phi) is 12.6. The van der Waals surface area contributed by atoms with Gasteiger partial charge in [-0.3, -0.25) is 33.6 Å². The Balaban J connectivity index is 1.29. The highest BCUT2D eigenvalue weighted by Gasteiger charge is 2.36. The molecule has 0 aromatic heterocycles. The molecule has 6 N–H and O–H groups in total. The van der Waals surface area contributed by atoms with Crippen molar-refractivity contribution in [3.63, 3.8) is 0 Å². The number of rotatable bonds is 11. The van der Waals surface area contributed by atoms with Gasteiger partial charge in [0.15, 0.2) is 0 Å². The molecule has 14 nitrogen and oxygen atoms in total. The van der Waals surface area contributed by atoms with E-state index in [0.717, 1.165) is 0 Å². The second kappa shape index (κ2) is 17.5. The van der Waals surface area contributed by atoms with E-state index in [1.54, 1.807) is 119 Å². The van der Waals surface area contributed by atoms with E-state index >= 15 is 0 Å². The van der Waals surface area contributed by atoms with Gasteiger partial charge in [-0.2, -0.15) is 0 Å². The predicted octanol–water partition coefficient (Wildman–Crippen LogP) is 5.28. The molecular formula is C42H45N7O7. The molecule has 0 spiro atoms. The molecule has 2 atom stereocenters. The van der Waals surface area contributed by atoms with Crippen molar-refractivity contribution >= 4 is 64.1 Å². The second-order valence-electron chi connectivity index (χ2n) is 14.2. The first-order chi connectivity index (χ1) is 26.7. The summed E-state index contributed by atoms with van der Waals surface area (Å²) in [6.45, 7) is 7.01. The number of anilines is 4. The Bertz CT molecular complexity index is 2180. The van der Waals surface area contributed by atoms with Crippen molar-refractivity contribution in [1.29, 1.82) is 0 Å². The van der Waals surface area contributed by atoms with Gasteiger partial charge in [-0.15, -0.1) is 0 Å². The molecule has 1 aliphatic rings. The van der Waals surface area contributed by atoms with Crippen LogP contribution in [0.4, 0.5) is 22.7 Å². The molecule has 1 aliphatic heterocycles. The Morgan fingerprint density at radius 2 is 1.04 bits per heavy atom. The standard InChI is InChI=1S/C42H45N7O7/c1-25(44-41(56)42(2,3)4)35(50)45-31-20-11-7-16-27(31)38(53)47-33-22-13-9-18-29(33)40(55)49-24-14-23-34(49)39(54)48-32-21-12-8-17-28(32)37(52)46-30-19-10-6-15-26(30)36(51)43-5/h6-13,15-22,25,34H,14,23-24H2,1-5H3,(H,43,51)(H,44,56)(H,45,50)(H,46,52)(H,47,53)(H,48,54)/t25-,34+/m0/s1. The number of amides is 7. The summed E-state index contributed by atoms with van der Waals surface area (Å²) in [5.41, 5.74) is 0.894. The third kappa shape index (κ3) is 9.45. The Labute approximate surface area is 324 Å². The normalized spacial score (nSPS) is 14.2. The molecule has 290 valence electrons. The van der Waals surface area contributed by atoms with Crippen LogP contribution in [-0.2, 0) is 14.4 Å². The minimum absolute atomic E-state index is 0.121. The van der Waals surface area contributed by atoms with Gasteiger partial charge in [-0.05, 0) is 68.3 Å². The number of carbonyl (C=O) groups excluding carboxylic acids is 7. The van der Waals surface area contributed by atoms with E-state index < -0.39 is 47.0 Å². The fourth-order valence-electron chi connectivity index (χ4n) is 6.04. The van der Waals surface area contributed by atoms with Gasteiger partial charge in [-0.25, -0.2) is 0 Å². The van der Waals surface area contributed by atoms with E-state index in [0.29, 0.717) is 18.5 Å². The van der Waals surface area contributed by atoms with E-state index in [1.807, 2.05) is 0 Å². The summed E-state index contributed by atoms with van der Waals surface area (Å²) in [5.74, 6) is -3.34. The van der Waals surface area contributed by atoms with Crippen LogP contribution < -0.4 is 31.9 Å². The minimum Gasteiger partial charge on any atom is -0.355 e. The van der Waals surface area contributed by atoms with Crippen molar-refractivity contribution < 1.29 is 33.6 Å². The Morgan fingerprint density at radius 1 is 0.607 bits per heavy atom. The lowest BCUT2D eigenvalue weighted by molar-refractivity contribution is -0.131. The highest BCUT2D eigenvalue weighted by atomic mass is 16.2. The van der Waals surface area contributed by atoms with Gasteiger partial charge in [-0.1, -0.05) is 69.3 Å². The summed E-state index contributed by atoms with van der Waals surface area (Å²) in [5, 5.41) is 16.3. The van der Waals surface area contributed by atoms with Gasteiger partial charge >= 0.3 is 0 Å². The third-order valence-electron chi connectivity index (χ3n) is 9.15. The van der Waals surface area contributed by atoms with Crippen molar-refractivity contribution in [3.8, 4) is 0 Å². The van der Waals surface area contributed by atoms with E-state index in [1.165, 1.54) is 18.0 Å². The zero-order chi connectivity index (χ0) is 40.6. The number of nitrogens with zero attached hydrogens (tertiary/aromatic N) is 1. The first-order valence-corrected chi connectivity index (χ1v) is 18.1. The molecule has 1 saturated heterocycles. The SMILES string of the molecule is CNC(=O)c1ccccc1NC(=O)c1ccccc1NC(=O)[C@H]1CCCN1C(=O)c1ccccc1NC(=O)c1ccccc1NC(=O)[C@H](C)NC(=O)C(C)(C)C. The Morgan fingerprint density at radius 3 is 1.54 bits per heavy atom. The number of hydrogen-bond acceptors (Lipinski definition) is 7. The zero-order valence-corrected chi connectivity index (χ0v) is 31.8. The highest BCUT2D eigenvalue weighted by molar-refractivity contribution is 6.15. The number of likely N-dealkylation sites (tertiary alicyclic amines) is 1. The lowest BCUT2D eigenvalue weighted by atomic mass is 9.95. The van der Waals surface area contributed by atoms with E-state index in [-0.39, 0.29) is 57.7 Å². The maximum Gasteiger partial charge on any atom is 0.257 e. The molecular weight excluding hydrogens is 715 g/mol. The van der Waals surface area contributed by atoms with Crippen LogP contribution in [-0.4, -0.2) is 71.9 Å². The van der Waals surface area contributed by atoms with Gasteiger partial charge < -0.3 is 36.8 Å². The fraction of sp³-hybridized carbons (Fsp3) is 0.262. The number of hydrogen-bond donors (Lipinski definition) is 6. The van der Waals surface area contributed by atoms with Crippen LogP contribution in [0, 0.1) is 5.41 Å². The van der Waals surface area contributed by atoms with Crippen molar-refractivity contribution in [2.75, 3.05) is 34.9 Å². The monoisotopic (exact) mass is 759 g/mol. The van der Waals surface area contributed by atoms with Crippen molar-refractivity contribution in [2.45, 2.75) is 52.6 Å². The number of nitrogens with one attached hydrogen (secondary N) is 6. The number of carbonyl (C=O) groups is 7. The van der Waals surface area contributed by atoms with Crippen LogP contribution in [0.5, 0.6) is 0 Å². The van der Waals surface area contributed by atoms with Crippen LogP contribution in [0.3, 0.4) is 0 Å². The molecule has 5 rings (SSSR count). The molecule has 0 saturated carbocycles. The van der Waals surface area contributed by atoms with Crippen LogP contribution in [0.15, 0.2) is 97.1 Å². The molecule has 0 radical (unpaired) electrons. The van der Waals surface area contributed by atoms with Crippen LogP contribution >= 0.6 is 0 Å². The second-order valence-corrected chi connectivity index (χ2v) is 14.2. The molecule has 1 fully saturated rings. The van der Waals surface area contributed by atoms with Gasteiger partial charge in [0.05, 0.1) is 45.0 Å². The average Bonchev–Trinajstić information content (AvgIpc) is 3.68. The Hall–Kier alpha value is -6.83. The van der Waals surface area contributed by atoms with E-state index in [4.69, 9.17) is 0 Å². The van der Waals surface area contributed by atoms with Crippen molar-refractivity contribution in [3.05, 3.63) is 119 Å².